The van der Waals surface area contributed by atoms with Crippen LogP contribution in [0.2, 0.25) is 0 Å². The van der Waals surface area contributed by atoms with E-state index in [0.29, 0.717) is 5.69 Å². The van der Waals surface area contributed by atoms with Crippen molar-refractivity contribution in [1.82, 2.24) is 0 Å². The van der Waals surface area contributed by atoms with Gasteiger partial charge in [0.2, 0.25) is 0 Å². The maximum absolute atomic E-state index is 10.3. The molecular weight excluding hydrogens is 213 g/mol. The number of benzene rings is 1. The summed E-state index contributed by atoms with van der Waals surface area (Å²) >= 11 is 4.59. The molecule has 1 aromatic rings. The Morgan fingerprint density at radius 2 is 1.93 bits per heavy atom. The number of nitro groups is 1. The first-order valence-corrected chi connectivity index (χ1v) is 3.81. The van der Waals surface area contributed by atoms with E-state index in [1.807, 2.05) is 0 Å². The van der Waals surface area contributed by atoms with E-state index in [1.54, 1.807) is 0 Å². The summed E-state index contributed by atoms with van der Waals surface area (Å²) in [6.07, 6.45) is 0. The number of nitrogens with one attached hydrogen (secondary N) is 1. The number of nitrogens with two attached hydrogens (primary N) is 1. The third kappa shape index (κ3) is 4.01. The van der Waals surface area contributed by atoms with Crippen molar-refractivity contribution in [2.75, 3.05) is 5.32 Å². The molecule has 0 amide bonds. The first-order valence-electron chi connectivity index (χ1n) is 3.40. The molecule has 0 fully saturated rings. The van der Waals surface area contributed by atoms with Gasteiger partial charge in [-0.15, -0.1) is 0 Å². The second-order valence-electron chi connectivity index (χ2n) is 2.29. The molecule has 0 unspecified atom stereocenters. The van der Waals surface area contributed by atoms with E-state index in [2.05, 4.69) is 17.5 Å². The Morgan fingerprint density at radius 3 is 2.29 bits per heavy atom. The number of hydrogen-bond acceptors (Lipinski definition) is 3. The number of rotatable bonds is 2. The van der Waals surface area contributed by atoms with Gasteiger partial charge in [-0.1, -0.05) is 0 Å². The molecule has 0 aliphatic rings. The topological polar surface area (TPSA) is 81.2 Å². The number of hydrogen-bond donors (Lipinski definition) is 2. The molecule has 1 aromatic carbocycles. The van der Waals surface area contributed by atoms with Crippen molar-refractivity contribution in [1.29, 1.82) is 0 Å². The van der Waals surface area contributed by atoms with Gasteiger partial charge in [0.1, 0.15) is 0 Å². The average Bonchev–Trinajstić information content (AvgIpc) is 2.04. The first kappa shape index (κ1) is 13.3. The quantitative estimate of drug-likeness (QED) is 0.331. The van der Waals surface area contributed by atoms with Gasteiger partial charge in [0.15, 0.2) is 5.11 Å². The van der Waals surface area contributed by atoms with Gasteiger partial charge >= 0.3 is 29.6 Å². The van der Waals surface area contributed by atoms with E-state index in [-0.39, 0.29) is 40.4 Å². The van der Waals surface area contributed by atoms with Crippen molar-refractivity contribution in [3.63, 3.8) is 0 Å². The van der Waals surface area contributed by atoms with E-state index in [0.717, 1.165) is 0 Å². The van der Waals surface area contributed by atoms with Crippen molar-refractivity contribution in [3.8, 4) is 0 Å². The van der Waals surface area contributed by atoms with E-state index in [1.165, 1.54) is 24.3 Å². The maximum atomic E-state index is 10.3. The number of anilines is 1. The summed E-state index contributed by atoms with van der Waals surface area (Å²) in [5.41, 5.74) is 5.88. The molecule has 70 valence electrons. The van der Waals surface area contributed by atoms with E-state index in [9.17, 15) is 10.1 Å². The Bertz CT molecular complexity index is 341. The number of nitro benzene ring substituents is 1. The molecule has 7 heteroatoms. The third-order valence-corrected chi connectivity index (χ3v) is 1.45. The summed E-state index contributed by atoms with van der Waals surface area (Å²) in [6, 6.07) is 5.83. The Balaban J connectivity index is 0.00000169. The minimum atomic E-state index is -0.468. The van der Waals surface area contributed by atoms with Crippen LogP contribution in [0.15, 0.2) is 24.3 Å². The molecule has 0 aromatic heterocycles. The SMILES string of the molecule is NC(=S)Nc1ccc([N+](=O)[O-])cc1.[NaH]. The monoisotopic (exact) mass is 221 g/mol. The van der Waals surface area contributed by atoms with Gasteiger partial charge in [-0.2, -0.15) is 0 Å². The molecule has 14 heavy (non-hydrogen) atoms. The molecule has 0 aliphatic carbocycles. The van der Waals surface area contributed by atoms with Crippen LogP contribution in [0.25, 0.3) is 0 Å². The molecule has 0 aliphatic heterocycles. The minimum absolute atomic E-state index is 0. The van der Waals surface area contributed by atoms with Gasteiger partial charge in [0, 0.05) is 17.8 Å². The molecule has 0 heterocycles. The van der Waals surface area contributed by atoms with E-state index >= 15 is 0 Å². The van der Waals surface area contributed by atoms with Gasteiger partial charge in [-0.3, -0.25) is 10.1 Å². The fourth-order valence-corrected chi connectivity index (χ4v) is 0.927. The Kier molecular flexibility index (Phi) is 5.63. The summed E-state index contributed by atoms with van der Waals surface area (Å²) in [5, 5.41) is 13.1. The van der Waals surface area contributed by atoms with Gasteiger partial charge < -0.3 is 11.1 Å². The van der Waals surface area contributed by atoms with Crippen molar-refractivity contribution >= 4 is 58.3 Å². The van der Waals surface area contributed by atoms with Crippen LogP contribution < -0.4 is 11.1 Å². The fraction of sp³-hybridized carbons (Fsp3) is 0. The van der Waals surface area contributed by atoms with Gasteiger partial charge in [-0.05, 0) is 24.4 Å². The predicted octanol–water partition coefficient (Wildman–Crippen LogP) is 0.602. The summed E-state index contributed by atoms with van der Waals surface area (Å²) < 4.78 is 0. The first-order chi connectivity index (χ1) is 6.09. The van der Waals surface area contributed by atoms with E-state index in [4.69, 9.17) is 5.73 Å². The molecule has 1 rings (SSSR count). The fourth-order valence-electron chi connectivity index (χ4n) is 0.809. The second-order valence-corrected chi connectivity index (χ2v) is 2.73. The zero-order valence-corrected chi connectivity index (χ0v) is 7.38. The van der Waals surface area contributed by atoms with Gasteiger partial charge in [0.05, 0.1) is 4.92 Å². The number of thiocarbonyl (C=S) groups is 1. The van der Waals surface area contributed by atoms with Crippen molar-refractivity contribution in [3.05, 3.63) is 34.4 Å². The second kappa shape index (κ2) is 5.92. The summed E-state index contributed by atoms with van der Waals surface area (Å²) in [6.45, 7) is 0. The van der Waals surface area contributed by atoms with E-state index < -0.39 is 4.92 Å². The Morgan fingerprint density at radius 1 is 1.43 bits per heavy atom. The van der Waals surface area contributed by atoms with Crippen molar-refractivity contribution in [2.24, 2.45) is 5.73 Å². The summed E-state index contributed by atoms with van der Waals surface area (Å²) in [7, 11) is 0. The standard InChI is InChI=1S/C7H7N3O2S.Na.H/c8-7(13)9-5-1-3-6(4-2-5)10(11)12;;/h1-4H,(H3,8,9,13);;. The molecule has 5 nitrogen and oxygen atoms in total. The molecule has 0 bridgehead atoms. The molecule has 3 N–H and O–H groups in total. The Labute approximate surface area is 108 Å². The zero-order valence-electron chi connectivity index (χ0n) is 6.56. The third-order valence-electron chi connectivity index (χ3n) is 1.35. The molecular formula is C7H8N3NaO2S. The number of nitrogens with zero attached hydrogens (tertiary/aromatic N) is 1. The van der Waals surface area contributed by atoms with Crippen molar-refractivity contribution in [2.45, 2.75) is 0 Å². The van der Waals surface area contributed by atoms with Crippen LogP contribution >= 0.6 is 12.2 Å². The van der Waals surface area contributed by atoms with Gasteiger partial charge in [0.25, 0.3) is 5.69 Å². The zero-order chi connectivity index (χ0) is 9.84. The summed E-state index contributed by atoms with van der Waals surface area (Å²) in [5.74, 6) is 0. The molecule has 0 spiro atoms. The molecule has 0 radical (unpaired) electrons. The predicted molar refractivity (Wildman–Crippen MR) is 60.7 cm³/mol. The van der Waals surface area contributed by atoms with Crippen LogP contribution in [0.4, 0.5) is 11.4 Å². The average molecular weight is 221 g/mol. The Hall–Kier alpha value is -0.690. The van der Waals surface area contributed by atoms with Crippen molar-refractivity contribution < 1.29 is 4.92 Å². The van der Waals surface area contributed by atoms with Crippen LogP contribution in [-0.2, 0) is 0 Å². The summed E-state index contributed by atoms with van der Waals surface area (Å²) in [4.78, 5) is 9.80. The van der Waals surface area contributed by atoms with Crippen LogP contribution in [0, 0.1) is 10.1 Å². The van der Waals surface area contributed by atoms with Crippen LogP contribution in [0.3, 0.4) is 0 Å². The van der Waals surface area contributed by atoms with Crippen LogP contribution in [0.1, 0.15) is 0 Å². The molecule has 0 saturated carbocycles. The van der Waals surface area contributed by atoms with Crippen LogP contribution in [0.5, 0.6) is 0 Å². The normalized spacial score (nSPS) is 8.57. The molecule has 0 atom stereocenters. The number of non-ortho nitro benzene ring substituents is 1. The van der Waals surface area contributed by atoms with Gasteiger partial charge in [-0.25, -0.2) is 0 Å². The van der Waals surface area contributed by atoms with Crippen LogP contribution in [-0.4, -0.2) is 39.6 Å². The molecule has 0 saturated heterocycles.